The molecule has 6 nitrogen and oxygen atoms in total. The van der Waals surface area contributed by atoms with E-state index in [9.17, 15) is 9.59 Å². The number of benzene rings is 3. The van der Waals surface area contributed by atoms with E-state index in [4.69, 9.17) is 4.43 Å². The maximum Gasteiger partial charge on any atom is 0.256 e. The molecule has 0 radical (unpaired) electrons. The summed E-state index contributed by atoms with van der Waals surface area (Å²) in [4.78, 5) is 29.5. The Bertz CT molecular complexity index is 1680. The van der Waals surface area contributed by atoms with Gasteiger partial charge in [0.2, 0.25) is 0 Å². The molecule has 0 saturated heterocycles. The molecule has 1 aliphatic carbocycles. The SMILES string of the molecule is CC(C)(C)[Si](C)(C)OC1CCC2=C(C1)N1CC=CC1=CC(C(=O)c1ccc(NC(=O)c3ccccc3-c3ccccc3)cc1)N2. The lowest BCUT2D eigenvalue weighted by atomic mass is 9.96. The van der Waals surface area contributed by atoms with Crippen molar-refractivity contribution in [3.05, 3.63) is 125 Å². The van der Waals surface area contributed by atoms with Crippen LogP contribution in [0.2, 0.25) is 18.1 Å². The minimum atomic E-state index is -1.90. The summed E-state index contributed by atoms with van der Waals surface area (Å²) in [6, 6.07) is 24.2. The molecule has 0 fully saturated rings. The van der Waals surface area contributed by atoms with Gasteiger partial charge in [-0.3, -0.25) is 9.59 Å². The molecule has 7 heteroatoms. The van der Waals surface area contributed by atoms with Crippen molar-refractivity contribution in [2.24, 2.45) is 0 Å². The average molecular weight is 618 g/mol. The number of allylic oxidation sites excluding steroid dienone is 2. The fourth-order valence-corrected chi connectivity index (χ4v) is 7.47. The molecular weight excluding hydrogens is 575 g/mol. The number of amides is 1. The first kappa shape index (κ1) is 30.8. The van der Waals surface area contributed by atoms with Crippen molar-refractivity contribution in [3.63, 3.8) is 0 Å². The third kappa shape index (κ3) is 6.46. The van der Waals surface area contributed by atoms with Crippen LogP contribution in [0.1, 0.15) is 60.7 Å². The number of fused-ring (bicyclic) bond motifs is 2. The Labute approximate surface area is 268 Å². The summed E-state index contributed by atoms with van der Waals surface area (Å²) in [5.74, 6) is -0.187. The molecule has 6 rings (SSSR count). The molecule has 2 N–H and O–H groups in total. The number of ketones is 1. The molecular formula is C38H43N3O3Si. The van der Waals surface area contributed by atoms with E-state index in [1.165, 1.54) is 5.70 Å². The third-order valence-electron chi connectivity index (χ3n) is 9.60. The fraction of sp³-hybridized carbons (Fsp3) is 0.316. The first-order valence-corrected chi connectivity index (χ1v) is 18.8. The van der Waals surface area contributed by atoms with Gasteiger partial charge in [0, 0.05) is 46.9 Å². The number of carbonyl (C=O) groups excluding carboxylic acids is 2. The van der Waals surface area contributed by atoms with E-state index >= 15 is 0 Å². The van der Waals surface area contributed by atoms with Crippen molar-refractivity contribution in [2.75, 3.05) is 11.9 Å². The van der Waals surface area contributed by atoms with Crippen LogP contribution in [0.4, 0.5) is 5.69 Å². The van der Waals surface area contributed by atoms with E-state index in [2.05, 4.69) is 61.6 Å². The number of hydrogen-bond donors (Lipinski definition) is 2. The van der Waals surface area contributed by atoms with Gasteiger partial charge < -0.3 is 20.0 Å². The molecule has 2 atom stereocenters. The first-order valence-electron chi connectivity index (χ1n) is 15.9. The largest absolute Gasteiger partial charge is 0.414 e. The third-order valence-corrected chi connectivity index (χ3v) is 14.1. The smallest absolute Gasteiger partial charge is 0.256 e. The number of nitrogens with zero attached hydrogens (tertiary/aromatic N) is 1. The minimum absolute atomic E-state index is 0.00319. The number of hydrogen-bond acceptors (Lipinski definition) is 5. The van der Waals surface area contributed by atoms with Crippen LogP contribution in [0.5, 0.6) is 0 Å². The Balaban J connectivity index is 1.17. The molecule has 3 aromatic rings. The summed E-state index contributed by atoms with van der Waals surface area (Å²) < 4.78 is 6.83. The molecule has 3 aliphatic rings. The van der Waals surface area contributed by atoms with Crippen molar-refractivity contribution in [1.29, 1.82) is 0 Å². The van der Waals surface area contributed by atoms with Crippen molar-refractivity contribution >= 4 is 25.7 Å². The zero-order valence-electron chi connectivity index (χ0n) is 26.9. The van der Waals surface area contributed by atoms with Gasteiger partial charge in [-0.1, -0.05) is 75.4 Å². The monoisotopic (exact) mass is 617 g/mol. The van der Waals surface area contributed by atoms with E-state index < -0.39 is 14.4 Å². The zero-order valence-corrected chi connectivity index (χ0v) is 27.9. The topological polar surface area (TPSA) is 70.7 Å². The Hall–Kier alpha value is -4.20. The predicted molar refractivity (Wildman–Crippen MR) is 184 cm³/mol. The molecule has 2 heterocycles. The van der Waals surface area contributed by atoms with Gasteiger partial charge in [-0.05, 0) is 84.6 Å². The molecule has 3 aromatic carbocycles. The standard InChI is InChI=1S/C38H43N3O3Si/c1-38(2,3)45(4,5)44-30-21-22-33-35(25-30)41-23-11-14-29(41)24-34(40-33)36(42)27-17-19-28(20-18-27)39-37(43)32-16-10-9-15-31(32)26-12-7-6-8-13-26/h6-20,24,30,34,40H,21-23,25H2,1-5H3,(H,39,43). The van der Waals surface area contributed by atoms with Crippen molar-refractivity contribution < 1.29 is 14.0 Å². The van der Waals surface area contributed by atoms with Gasteiger partial charge in [0.1, 0.15) is 6.04 Å². The molecule has 0 saturated carbocycles. The summed E-state index contributed by atoms with van der Waals surface area (Å²) in [6.45, 7) is 12.3. The van der Waals surface area contributed by atoms with Gasteiger partial charge in [-0.2, -0.15) is 0 Å². The maximum absolute atomic E-state index is 13.9. The molecule has 0 bridgehead atoms. The number of nitrogens with one attached hydrogen (secondary N) is 2. The van der Waals surface area contributed by atoms with E-state index in [0.717, 1.165) is 48.3 Å². The lowest BCUT2D eigenvalue weighted by Gasteiger charge is -2.42. The highest BCUT2D eigenvalue weighted by Crippen LogP contribution is 2.41. The van der Waals surface area contributed by atoms with Crippen LogP contribution < -0.4 is 10.6 Å². The first-order chi connectivity index (χ1) is 21.5. The van der Waals surface area contributed by atoms with E-state index in [-0.39, 0.29) is 22.8 Å². The molecule has 1 amide bonds. The highest BCUT2D eigenvalue weighted by molar-refractivity contribution is 6.74. The van der Waals surface area contributed by atoms with Gasteiger partial charge in [0.05, 0.1) is 6.10 Å². The molecule has 2 unspecified atom stereocenters. The van der Waals surface area contributed by atoms with Crippen LogP contribution in [-0.4, -0.2) is 43.6 Å². The minimum Gasteiger partial charge on any atom is -0.414 e. The second-order valence-electron chi connectivity index (χ2n) is 13.7. The van der Waals surface area contributed by atoms with Gasteiger partial charge in [-0.25, -0.2) is 0 Å². The Morgan fingerprint density at radius 3 is 2.40 bits per heavy atom. The Morgan fingerprint density at radius 1 is 0.956 bits per heavy atom. The number of Topliss-reactive ketones (excluding diaryl/α,β-unsaturated/α-hetero) is 1. The van der Waals surface area contributed by atoms with E-state index in [0.29, 0.717) is 16.8 Å². The second kappa shape index (κ2) is 12.3. The van der Waals surface area contributed by atoms with Gasteiger partial charge in [0.25, 0.3) is 5.91 Å². The van der Waals surface area contributed by atoms with E-state index in [1.54, 1.807) is 24.3 Å². The maximum atomic E-state index is 13.9. The van der Waals surface area contributed by atoms with Crippen LogP contribution in [0.3, 0.4) is 0 Å². The molecule has 2 aliphatic heterocycles. The summed E-state index contributed by atoms with van der Waals surface area (Å²) in [6.07, 6.45) is 9.14. The molecule has 45 heavy (non-hydrogen) atoms. The summed E-state index contributed by atoms with van der Waals surface area (Å²) in [5.41, 5.74) is 7.13. The fourth-order valence-electron chi connectivity index (χ4n) is 6.09. The molecule has 0 aromatic heterocycles. The lowest BCUT2D eigenvalue weighted by molar-refractivity contribution is 0.0965. The lowest BCUT2D eigenvalue weighted by Crippen LogP contribution is -2.45. The molecule has 232 valence electrons. The normalized spacial score (nSPS) is 19.7. The van der Waals surface area contributed by atoms with Gasteiger partial charge in [0.15, 0.2) is 14.1 Å². The predicted octanol–water partition coefficient (Wildman–Crippen LogP) is 8.30. The van der Waals surface area contributed by atoms with Crippen LogP contribution in [-0.2, 0) is 4.43 Å². The average Bonchev–Trinajstić information content (AvgIpc) is 3.43. The highest BCUT2D eigenvalue weighted by Gasteiger charge is 2.41. The van der Waals surface area contributed by atoms with Crippen molar-refractivity contribution in [3.8, 4) is 11.1 Å². The number of carbonyl (C=O) groups is 2. The highest BCUT2D eigenvalue weighted by atomic mass is 28.4. The molecule has 0 spiro atoms. The Morgan fingerprint density at radius 2 is 1.67 bits per heavy atom. The summed E-state index contributed by atoms with van der Waals surface area (Å²) >= 11 is 0. The summed E-state index contributed by atoms with van der Waals surface area (Å²) in [5, 5.41) is 6.78. The quantitative estimate of drug-likeness (QED) is 0.206. The van der Waals surface area contributed by atoms with Crippen molar-refractivity contribution in [1.82, 2.24) is 10.2 Å². The number of rotatable bonds is 7. The zero-order chi connectivity index (χ0) is 31.8. The van der Waals surface area contributed by atoms with Gasteiger partial charge >= 0.3 is 0 Å². The number of anilines is 1. The van der Waals surface area contributed by atoms with Gasteiger partial charge in [-0.15, -0.1) is 0 Å². The Kier molecular flexibility index (Phi) is 8.42. The van der Waals surface area contributed by atoms with Crippen LogP contribution in [0.15, 0.2) is 114 Å². The second-order valence-corrected chi connectivity index (χ2v) is 18.5. The van der Waals surface area contributed by atoms with Crippen LogP contribution >= 0.6 is 0 Å². The van der Waals surface area contributed by atoms with Crippen LogP contribution in [0.25, 0.3) is 11.1 Å². The van der Waals surface area contributed by atoms with Crippen molar-refractivity contribution in [2.45, 2.75) is 70.3 Å². The van der Waals surface area contributed by atoms with E-state index in [1.807, 2.05) is 60.7 Å². The van der Waals surface area contributed by atoms with Crippen LogP contribution in [0, 0.1) is 0 Å². The summed E-state index contributed by atoms with van der Waals surface area (Å²) in [7, 11) is -1.90.